The second kappa shape index (κ2) is 6.95. The lowest BCUT2D eigenvalue weighted by molar-refractivity contribution is -0.137. The van der Waals surface area contributed by atoms with Gasteiger partial charge in [-0.15, -0.1) is 0 Å². The number of likely N-dealkylation sites (tertiary alicyclic amines) is 1. The van der Waals surface area contributed by atoms with Crippen molar-refractivity contribution >= 4 is 28.9 Å². The quantitative estimate of drug-likeness (QED) is 0.833. The standard InChI is InChI=1S/C14H16F3N3OS/c15-14(16,17)10-3-5-11(6-4-10)19-13(22)18-7-9-20-8-1-2-12(20)21/h3-6H,1-2,7-9H2,(H2,18,19,22). The zero-order valence-corrected chi connectivity index (χ0v) is 12.6. The number of hydrogen-bond donors (Lipinski definition) is 2. The van der Waals surface area contributed by atoms with Gasteiger partial charge in [-0.1, -0.05) is 0 Å². The van der Waals surface area contributed by atoms with E-state index in [4.69, 9.17) is 12.2 Å². The summed E-state index contributed by atoms with van der Waals surface area (Å²) in [6.45, 7) is 1.82. The minimum Gasteiger partial charge on any atom is -0.361 e. The minimum atomic E-state index is -4.35. The average Bonchev–Trinajstić information content (AvgIpc) is 2.84. The molecule has 0 unspecified atom stereocenters. The third-order valence-electron chi connectivity index (χ3n) is 3.31. The maximum Gasteiger partial charge on any atom is 0.416 e. The molecule has 0 aromatic heterocycles. The number of alkyl halides is 3. The topological polar surface area (TPSA) is 44.4 Å². The number of carbonyl (C=O) groups is 1. The van der Waals surface area contributed by atoms with Gasteiger partial charge in [-0.3, -0.25) is 4.79 Å². The van der Waals surface area contributed by atoms with Crippen molar-refractivity contribution in [2.24, 2.45) is 0 Å². The molecule has 4 nitrogen and oxygen atoms in total. The van der Waals surface area contributed by atoms with Gasteiger partial charge >= 0.3 is 6.18 Å². The zero-order valence-electron chi connectivity index (χ0n) is 11.7. The molecule has 22 heavy (non-hydrogen) atoms. The molecule has 0 bridgehead atoms. The number of hydrogen-bond acceptors (Lipinski definition) is 2. The van der Waals surface area contributed by atoms with Crippen LogP contribution in [0.5, 0.6) is 0 Å². The molecule has 120 valence electrons. The van der Waals surface area contributed by atoms with Crippen LogP contribution in [0, 0.1) is 0 Å². The monoisotopic (exact) mass is 331 g/mol. The molecule has 8 heteroatoms. The second-order valence-electron chi connectivity index (χ2n) is 4.94. The van der Waals surface area contributed by atoms with Crippen molar-refractivity contribution in [3.63, 3.8) is 0 Å². The van der Waals surface area contributed by atoms with Gasteiger partial charge in [-0.2, -0.15) is 13.2 Å². The van der Waals surface area contributed by atoms with Crippen molar-refractivity contribution in [3.05, 3.63) is 29.8 Å². The fourth-order valence-electron chi connectivity index (χ4n) is 2.16. The number of rotatable bonds is 4. The van der Waals surface area contributed by atoms with Crippen LogP contribution in [0.25, 0.3) is 0 Å². The Balaban J connectivity index is 1.76. The summed E-state index contributed by atoms with van der Waals surface area (Å²) in [5.74, 6) is 0.142. The van der Waals surface area contributed by atoms with Crippen LogP contribution in [0.3, 0.4) is 0 Å². The van der Waals surface area contributed by atoms with E-state index in [9.17, 15) is 18.0 Å². The largest absolute Gasteiger partial charge is 0.416 e. The Morgan fingerprint density at radius 2 is 1.95 bits per heavy atom. The molecule has 1 fully saturated rings. The number of anilines is 1. The molecule has 1 saturated heterocycles. The predicted octanol–water partition coefficient (Wildman–Crippen LogP) is 2.61. The number of amides is 1. The van der Waals surface area contributed by atoms with Crippen molar-refractivity contribution in [3.8, 4) is 0 Å². The molecular formula is C14H16F3N3OS. The van der Waals surface area contributed by atoms with Gasteiger partial charge in [0.1, 0.15) is 0 Å². The van der Waals surface area contributed by atoms with Gasteiger partial charge in [-0.25, -0.2) is 0 Å². The predicted molar refractivity (Wildman–Crippen MR) is 81.5 cm³/mol. The van der Waals surface area contributed by atoms with Crippen molar-refractivity contribution in [2.75, 3.05) is 25.0 Å². The third-order valence-corrected chi connectivity index (χ3v) is 3.56. The molecule has 1 aliphatic rings. The maximum atomic E-state index is 12.4. The van der Waals surface area contributed by atoms with E-state index in [1.54, 1.807) is 4.90 Å². The van der Waals surface area contributed by atoms with Crippen LogP contribution in [0.15, 0.2) is 24.3 Å². The number of benzene rings is 1. The van der Waals surface area contributed by atoms with E-state index in [0.717, 1.165) is 25.1 Å². The number of thiocarbonyl (C=S) groups is 1. The summed E-state index contributed by atoms with van der Waals surface area (Å²) in [5.41, 5.74) is -0.229. The SMILES string of the molecule is O=C1CCCN1CCNC(=S)Nc1ccc(C(F)(F)F)cc1. The van der Waals surface area contributed by atoms with E-state index in [0.29, 0.717) is 30.3 Å². The Hall–Kier alpha value is -1.83. The summed E-state index contributed by atoms with van der Waals surface area (Å²) in [7, 11) is 0. The third kappa shape index (κ3) is 4.59. The second-order valence-corrected chi connectivity index (χ2v) is 5.35. The van der Waals surface area contributed by atoms with Crippen LogP contribution in [0.4, 0.5) is 18.9 Å². The van der Waals surface area contributed by atoms with Crippen molar-refractivity contribution in [2.45, 2.75) is 19.0 Å². The molecule has 1 heterocycles. The summed E-state index contributed by atoms with van der Waals surface area (Å²) in [4.78, 5) is 13.2. The highest BCUT2D eigenvalue weighted by Gasteiger charge is 2.29. The zero-order chi connectivity index (χ0) is 16.2. The van der Waals surface area contributed by atoms with Crippen molar-refractivity contribution in [1.82, 2.24) is 10.2 Å². The Labute approximate surface area is 131 Å². The lowest BCUT2D eigenvalue weighted by atomic mass is 10.2. The molecule has 2 N–H and O–H groups in total. The molecule has 1 aliphatic heterocycles. The van der Waals surface area contributed by atoms with Crippen LogP contribution in [0.1, 0.15) is 18.4 Å². The van der Waals surface area contributed by atoms with Crippen LogP contribution < -0.4 is 10.6 Å². The number of nitrogens with zero attached hydrogens (tertiary/aromatic N) is 1. The molecule has 1 amide bonds. The van der Waals surface area contributed by atoms with E-state index >= 15 is 0 Å². The summed E-state index contributed by atoms with van der Waals surface area (Å²) in [5, 5.41) is 6.05. The first kappa shape index (κ1) is 16.5. The van der Waals surface area contributed by atoms with Crippen LogP contribution in [0.2, 0.25) is 0 Å². The van der Waals surface area contributed by atoms with E-state index in [1.807, 2.05) is 0 Å². The highest BCUT2D eigenvalue weighted by Crippen LogP contribution is 2.29. The first-order valence-electron chi connectivity index (χ1n) is 6.86. The Morgan fingerprint density at radius 1 is 1.27 bits per heavy atom. The lowest BCUT2D eigenvalue weighted by Gasteiger charge is -2.17. The van der Waals surface area contributed by atoms with Crippen LogP contribution in [-0.4, -0.2) is 35.6 Å². The first-order chi connectivity index (χ1) is 10.4. The number of halogens is 3. The van der Waals surface area contributed by atoms with E-state index < -0.39 is 11.7 Å². The summed E-state index contributed by atoms with van der Waals surface area (Å²) in [6, 6.07) is 4.63. The molecule has 0 saturated carbocycles. The Bertz CT molecular complexity index is 545. The molecule has 0 spiro atoms. The van der Waals surface area contributed by atoms with Gasteiger partial charge in [0.25, 0.3) is 0 Å². The molecule has 1 aromatic rings. The molecular weight excluding hydrogens is 315 g/mol. The lowest BCUT2D eigenvalue weighted by Crippen LogP contribution is -2.37. The summed E-state index contributed by atoms with van der Waals surface area (Å²) >= 11 is 5.06. The van der Waals surface area contributed by atoms with Gasteiger partial charge < -0.3 is 15.5 Å². The number of carbonyl (C=O) groups excluding carboxylic acids is 1. The molecule has 0 atom stereocenters. The van der Waals surface area contributed by atoms with Gasteiger partial charge in [0.15, 0.2) is 5.11 Å². The Morgan fingerprint density at radius 3 is 2.50 bits per heavy atom. The first-order valence-corrected chi connectivity index (χ1v) is 7.27. The molecule has 0 radical (unpaired) electrons. The van der Waals surface area contributed by atoms with Crippen LogP contribution >= 0.6 is 12.2 Å². The van der Waals surface area contributed by atoms with Crippen LogP contribution in [-0.2, 0) is 11.0 Å². The molecule has 1 aromatic carbocycles. The van der Waals surface area contributed by atoms with Gasteiger partial charge in [-0.05, 0) is 42.9 Å². The smallest absolute Gasteiger partial charge is 0.361 e. The van der Waals surface area contributed by atoms with Gasteiger partial charge in [0.05, 0.1) is 5.56 Å². The molecule has 2 rings (SSSR count). The highest BCUT2D eigenvalue weighted by molar-refractivity contribution is 7.80. The fraction of sp³-hybridized carbons (Fsp3) is 0.429. The van der Waals surface area contributed by atoms with E-state index in [2.05, 4.69) is 10.6 Å². The summed E-state index contributed by atoms with van der Waals surface area (Å²) in [6.07, 6.45) is -2.87. The number of nitrogens with one attached hydrogen (secondary N) is 2. The normalized spacial score (nSPS) is 15.0. The minimum absolute atomic E-state index is 0.142. The molecule has 0 aliphatic carbocycles. The van der Waals surface area contributed by atoms with Crippen molar-refractivity contribution < 1.29 is 18.0 Å². The van der Waals surface area contributed by atoms with E-state index in [-0.39, 0.29) is 5.91 Å². The maximum absolute atomic E-state index is 12.4. The average molecular weight is 331 g/mol. The van der Waals surface area contributed by atoms with Crippen molar-refractivity contribution in [1.29, 1.82) is 0 Å². The fourth-order valence-corrected chi connectivity index (χ4v) is 2.38. The highest BCUT2D eigenvalue weighted by atomic mass is 32.1. The van der Waals surface area contributed by atoms with Gasteiger partial charge in [0, 0.05) is 31.7 Å². The Kier molecular flexibility index (Phi) is 5.23. The summed E-state index contributed by atoms with van der Waals surface area (Å²) < 4.78 is 37.3. The van der Waals surface area contributed by atoms with Gasteiger partial charge in [0.2, 0.25) is 5.91 Å². The van der Waals surface area contributed by atoms with E-state index in [1.165, 1.54) is 12.1 Å².